The molecule has 0 spiro atoms. The standard InChI is InChI=1S/C23H26ClN7.C2HF3O2/c1-17-6-7-18(24)15-20(17)30-11-13-31(14-12-30)23-21-19(27-28-22(21)25-16-26-23)5-4-10-29-8-2-3-9-29;3-2(4,5)1(6)7/h6-7,15-16H,2-3,8-14H2,1H3,(H,25,26,27,28);(H,6,7). The number of alkyl halides is 3. The number of H-pyrrole nitrogens is 1. The summed E-state index contributed by atoms with van der Waals surface area (Å²) >= 11 is 6.23. The van der Waals surface area contributed by atoms with Crippen LogP contribution in [0.25, 0.3) is 11.0 Å². The second-order valence-corrected chi connectivity index (χ2v) is 9.42. The van der Waals surface area contributed by atoms with Crippen LogP contribution >= 0.6 is 11.6 Å². The lowest BCUT2D eigenvalue weighted by Gasteiger charge is -2.37. The number of benzene rings is 1. The summed E-state index contributed by atoms with van der Waals surface area (Å²) in [5, 5.41) is 16.3. The number of nitrogens with zero attached hydrogens (tertiary/aromatic N) is 6. The molecular weight excluding hydrogens is 523 g/mol. The van der Waals surface area contributed by atoms with E-state index in [0.29, 0.717) is 5.65 Å². The zero-order valence-corrected chi connectivity index (χ0v) is 21.5. The maximum absolute atomic E-state index is 10.6. The zero-order chi connectivity index (χ0) is 27.3. The third kappa shape index (κ3) is 6.65. The zero-order valence-electron chi connectivity index (χ0n) is 20.7. The Morgan fingerprint density at radius 3 is 2.42 bits per heavy atom. The molecule has 0 saturated carbocycles. The second-order valence-electron chi connectivity index (χ2n) is 8.99. The first kappa shape index (κ1) is 27.5. The van der Waals surface area contributed by atoms with E-state index in [1.54, 1.807) is 6.33 Å². The Hall–Kier alpha value is -3.56. The molecule has 1 aromatic carbocycles. The molecule has 0 atom stereocenters. The van der Waals surface area contributed by atoms with Crippen LogP contribution in [-0.2, 0) is 4.79 Å². The third-order valence-electron chi connectivity index (χ3n) is 6.38. The van der Waals surface area contributed by atoms with Crippen LogP contribution in [0.4, 0.5) is 24.7 Å². The Morgan fingerprint density at radius 2 is 1.76 bits per heavy atom. The van der Waals surface area contributed by atoms with Crippen molar-refractivity contribution in [2.24, 2.45) is 0 Å². The number of aliphatic carboxylic acids is 1. The number of nitrogens with one attached hydrogen (secondary N) is 1. The van der Waals surface area contributed by atoms with E-state index in [0.717, 1.165) is 67.7 Å². The lowest BCUT2D eigenvalue weighted by molar-refractivity contribution is -0.192. The van der Waals surface area contributed by atoms with Crippen LogP contribution in [0, 0.1) is 18.8 Å². The number of fused-ring (bicyclic) bond motifs is 1. The van der Waals surface area contributed by atoms with Crippen LogP contribution in [0.5, 0.6) is 0 Å². The molecule has 0 unspecified atom stereocenters. The molecular formula is C25H27ClF3N7O2. The minimum absolute atomic E-state index is 0.670. The van der Waals surface area contributed by atoms with E-state index in [4.69, 9.17) is 21.5 Å². The van der Waals surface area contributed by atoms with E-state index < -0.39 is 12.1 Å². The van der Waals surface area contributed by atoms with Crippen molar-refractivity contribution < 1.29 is 23.1 Å². The van der Waals surface area contributed by atoms with Crippen molar-refractivity contribution in [1.82, 2.24) is 25.1 Å². The molecule has 4 heterocycles. The summed E-state index contributed by atoms with van der Waals surface area (Å²) < 4.78 is 31.7. The van der Waals surface area contributed by atoms with Crippen LogP contribution in [0.3, 0.4) is 0 Å². The molecule has 0 amide bonds. The average molecular weight is 550 g/mol. The van der Waals surface area contributed by atoms with E-state index in [9.17, 15) is 13.2 Å². The smallest absolute Gasteiger partial charge is 0.475 e. The maximum Gasteiger partial charge on any atom is 0.490 e. The van der Waals surface area contributed by atoms with Gasteiger partial charge in [-0.1, -0.05) is 23.6 Å². The molecule has 9 nitrogen and oxygen atoms in total. The Kier molecular flexibility index (Phi) is 8.58. The first-order valence-electron chi connectivity index (χ1n) is 12.1. The van der Waals surface area contributed by atoms with Crippen LogP contribution in [0.2, 0.25) is 5.02 Å². The number of hydrogen-bond donors (Lipinski definition) is 2. The molecule has 2 aliphatic rings. The van der Waals surface area contributed by atoms with Gasteiger partial charge in [0.1, 0.15) is 17.8 Å². The highest BCUT2D eigenvalue weighted by molar-refractivity contribution is 6.30. The van der Waals surface area contributed by atoms with Crippen molar-refractivity contribution in [1.29, 1.82) is 0 Å². The van der Waals surface area contributed by atoms with Gasteiger partial charge in [0.25, 0.3) is 0 Å². The van der Waals surface area contributed by atoms with Crippen molar-refractivity contribution in [3.63, 3.8) is 0 Å². The highest BCUT2D eigenvalue weighted by Gasteiger charge is 2.38. The lowest BCUT2D eigenvalue weighted by atomic mass is 10.1. The maximum atomic E-state index is 10.6. The van der Waals surface area contributed by atoms with Gasteiger partial charge in [0.2, 0.25) is 0 Å². The van der Waals surface area contributed by atoms with Gasteiger partial charge in [-0.2, -0.15) is 18.3 Å². The number of likely N-dealkylation sites (tertiary alicyclic amines) is 1. The molecule has 3 aromatic rings. The fourth-order valence-corrected chi connectivity index (χ4v) is 4.60. The predicted molar refractivity (Wildman–Crippen MR) is 139 cm³/mol. The van der Waals surface area contributed by atoms with E-state index >= 15 is 0 Å². The summed E-state index contributed by atoms with van der Waals surface area (Å²) in [6.45, 7) is 8.74. The number of carbonyl (C=O) groups is 1. The molecule has 0 bridgehead atoms. The minimum atomic E-state index is -5.08. The Bertz CT molecular complexity index is 1340. The van der Waals surface area contributed by atoms with E-state index in [-0.39, 0.29) is 0 Å². The van der Waals surface area contributed by atoms with Crippen molar-refractivity contribution in [3.8, 4) is 11.8 Å². The van der Waals surface area contributed by atoms with Crippen LogP contribution in [-0.4, -0.2) is 88.1 Å². The first-order chi connectivity index (χ1) is 18.1. The molecule has 2 aliphatic heterocycles. The summed E-state index contributed by atoms with van der Waals surface area (Å²) in [4.78, 5) is 24.9. The highest BCUT2D eigenvalue weighted by Crippen LogP contribution is 2.29. The summed E-state index contributed by atoms with van der Waals surface area (Å²) in [5.41, 5.74) is 3.92. The summed E-state index contributed by atoms with van der Waals surface area (Å²) in [6, 6.07) is 6.08. The number of aromatic nitrogens is 4. The number of rotatable bonds is 3. The number of aryl methyl sites for hydroxylation is 1. The molecule has 2 fully saturated rings. The van der Waals surface area contributed by atoms with E-state index in [1.807, 2.05) is 6.07 Å². The van der Waals surface area contributed by atoms with Gasteiger partial charge in [-0.25, -0.2) is 14.8 Å². The molecule has 2 aromatic heterocycles. The summed E-state index contributed by atoms with van der Waals surface area (Å²) in [7, 11) is 0. The number of anilines is 2. The van der Waals surface area contributed by atoms with Crippen molar-refractivity contribution in [2.75, 3.05) is 55.6 Å². The van der Waals surface area contributed by atoms with Gasteiger partial charge in [0.05, 0.1) is 11.9 Å². The molecule has 202 valence electrons. The molecule has 38 heavy (non-hydrogen) atoms. The molecule has 2 N–H and O–H groups in total. The number of hydrogen-bond acceptors (Lipinski definition) is 7. The van der Waals surface area contributed by atoms with E-state index in [2.05, 4.69) is 65.8 Å². The normalized spacial score (nSPS) is 16.1. The third-order valence-corrected chi connectivity index (χ3v) is 6.61. The summed E-state index contributed by atoms with van der Waals surface area (Å²) in [6.07, 6.45) is -0.950. The molecule has 0 radical (unpaired) electrons. The monoisotopic (exact) mass is 549 g/mol. The number of aromatic amines is 1. The topological polar surface area (TPSA) is 101 Å². The van der Waals surface area contributed by atoms with Crippen molar-refractivity contribution >= 4 is 40.1 Å². The molecule has 5 rings (SSSR count). The average Bonchev–Trinajstić information content (AvgIpc) is 3.56. The molecule has 13 heteroatoms. The van der Waals surface area contributed by atoms with Gasteiger partial charge >= 0.3 is 12.1 Å². The molecule has 2 saturated heterocycles. The van der Waals surface area contributed by atoms with Gasteiger partial charge < -0.3 is 14.9 Å². The Labute approximate surface area is 222 Å². The molecule has 0 aliphatic carbocycles. The fraction of sp³-hybridized carbons (Fsp3) is 0.440. The fourth-order valence-electron chi connectivity index (χ4n) is 4.43. The van der Waals surface area contributed by atoms with Gasteiger partial charge in [0, 0.05) is 36.9 Å². The minimum Gasteiger partial charge on any atom is -0.475 e. The second kappa shape index (κ2) is 11.9. The predicted octanol–water partition coefficient (Wildman–Crippen LogP) is 3.72. The van der Waals surface area contributed by atoms with Crippen LogP contribution < -0.4 is 9.80 Å². The first-order valence-corrected chi connectivity index (χ1v) is 12.5. The van der Waals surface area contributed by atoms with Crippen LogP contribution in [0.1, 0.15) is 24.1 Å². The van der Waals surface area contributed by atoms with Gasteiger partial charge in [0.15, 0.2) is 5.65 Å². The quantitative estimate of drug-likeness (QED) is 0.477. The number of carboxylic acids is 1. The SMILES string of the molecule is Cc1ccc(Cl)cc1N1CCN(c2ncnc3n[nH]c(C#CCN4CCCC4)c23)CC1.O=C(O)C(F)(F)F. The number of carboxylic acid groups (broad SMARTS) is 1. The van der Waals surface area contributed by atoms with Crippen LogP contribution in [0.15, 0.2) is 24.5 Å². The number of halogens is 4. The van der Waals surface area contributed by atoms with E-state index in [1.165, 1.54) is 24.1 Å². The lowest BCUT2D eigenvalue weighted by Crippen LogP contribution is -2.47. The van der Waals surface area contributed by atoms with Gasteiger partial charge in [-0.05, 0) is 56.5 Å². The van der Waals surface area contributed by atoms with Gasteiger partial charge in [-0.3, -0.25) is 10.00 Å². The Morgan fingerprint density at radius 1 is 1.11 bits per heavy atom. The Balaban J connectivity index is 0.000000426. The summed E-state index contributed by atoms with van der Waals surface area (Å²) in [5.74, 6) is 4.73. The van der Waals surface area contributed by atoms with Gasteiger partial charge in [-0.15, -0.1) is 0 Å². The largest absolute Gasteiger partial charge is 0.490 e. The number of piperazine rings is 1. The van der Waals surface area contributed by atoms with Crippen molar-refractivity contribution in [3.05, 3.63) is 40.8 Å². The highest BCUT2D eigenvalue weighted by atomic mass is 35.5. The van der Waals surface area contributed by atoms with Crippen molar-refractivity contribution in [2.45, 2.75) is 25.9 Å².